The quantitative estimate of drug-likeness (QED) is 0.690. The highest BCUT2D eigenvalue weighted by molar-refractivity contribution is 5.92. The van der Waals surface area contributed by atoms with Crippen LogP contribution in [0.1, 0.15) is 37.2 Å². The third kappa shape index (κ3) is 6.68. The normalized spacial score (nSPS) is 16.1. The highest BCUT2D eigenvalue weighted by Crippen LogP contribution is 2.04. The number of nitrogens with zero attached hydrogens (tertiary/aromatic N) is 4. The molecule has 2 heterocycles. The number of rotatable bonds is 9. The Hall–Kier alpha value is -2.06. The molecular weight excluding hydrogens is 334 g/mol. The second-order valence-electron chi connectivity index (χ2n) is 6.46. The van der Waals surface area contributed by atoms with Crippen LogP contribution in [0.25, 0.3) is 0 Å². The Kier molecular flexibility index (Phi) is 8.43. The van der Waals surface area contributed by atoms with Gasteiger partial charge in [0.25, 0.3) is 5.91 Å². The molecule has 1 aromatic heterocycles. The average Bonchev–Trinajstić information content (AvgIpc) is 2.69. The second kappa shape index (κ2) is 10.8. The number of nitrogens with one attached hydrogen (secondary N) is 1. The van der Waals surface area contributed by atoms with E-state index in [1.165, 1.54) is 18.6 Å². The number of hydrogen-bond acceptors (Lipinski definition) is 6. The van der Waals surface area contributed by atoms with Gasteiger partial charge in [-0.2, -0.15) is 0 Å². The molecule has 2 rings (SSSR count). The first kappa shape index (κ1) is 20.3. The fourth-order valence-electron chi connectivity index (χ4n) is 2.66. The van der Waals surface area contributed by atoms with E-state index in [1.54, 1.807) is 4.90 Å². The minimum Gasteiger partial charge on any atom is -0.379 e. The van der Waals surface area contributed by atoms with Crippen molar-refractivity contribution in [2.45, 2.75) is 32.7 Å². The average molecular weight is 363 g/mol. The van der Waals surface area contributed by atoms with Crippen molar-refractivity contribution < 1.29 is 14.3 Å². The predicted octanol–water partition coefficient (Wildman–Crippen LogP) is 0.556. The van der Waals surface area contributed by atoms with Gasteiger partial charge in [0.05, 0.1) is 19.4 Å². The third-order valence-corrected chi connectivity index (χ3v) is 4.49. The molecule has 1 atom stereocenters. The summed E-state index contributed by atoms with van der Waals surface area (Å²) in [6, 6.07) is 0.139. The predicted molar refractivity (Wildman–Crippen MR) is 97.7 cm³/mol. The first-order chi connectivity index (χ1) is 12.6. The van der Waals surface area contributed by atoms with Gasteiger partial charge in [0.2, 0.25) is 5.91 Å². The Morgan fingerprint density at radius 2 is 2.08 bits per heavy atom. The first-order valence-corrected chi connectivity index (χ1v) is 9.25. The summed E-state index contributed by atoms with van der Waals surface area (Å²) in [5, 5.41) is 2.94. The number of ether oxygens (including phenoxy) is 1. The molecule has 1 fully saturated rings. The third-order valence-electron chi connectivity index (χ3n) is 4.49. The lowest BCUT2D eigenvalue weighted by Gasteiger charge is -2.30. The number of carbonyl (C=O) groups is 2. The Morgan fingerprint density at radius 1 is 1.31 bits per heavy atom. The fourth-order valence-corrected chi connectivity index (χ4v) is 2.66. The molecular formula is C18H29N5O3. The topological polar surface area (TPSA) is 87.7 Å². The lowest BCUT2D eigenvalue weighted by molar-refractivity contribution is -0.121. The van der Waals surface area contributed by atoms with Gasteiger partial charge in [0.15, 0.2) is 0 Å². The van der Waals surface area contributed by atoms with Gasteiger partial charge in [-0.1, -0.05) is 6.92 Å². The fraction of sp³-hybridized carbons (Fsp3) is 0.667. The molecule has 0 bridgehead atoms. The molecule has 2 amide bonds. The Bertz CT molecular complexity index is 563. The molecule has 1 aromatic rings. The van der Waals surface area contributed by atoms with E-state index in [9.17, 15) is 9.59 Å². The smallest absolute Gasteiger partial charge is 0.274 e. The zero-order valence-electron chi connectivity index (χ0n) is 15.7. The van der Waals surface area contributed by atoms with E-state index in [0.717, 1.165) is 39.3 Å². The molecule has 0 radical (unpaired) electrons. The van der Waals surface area contributed by atoms with E-state index in [0.29, 0.717) is 18.8 Å². The van der Waals surface area contributed by atoms with E-state index in [-0.39, 0.29) is 24.3 Å². The lowest BCUT2D eigenvalue weighted by Crippen LogP contribution is -2.44. The van der Waals surface area contributed by atoms with Crippen molar-refractivity contribution in [3.05, 3.63) is 24.3 Å². The first-order valence-electron chi connectivity index (χ1n) is 9.25. The zero-order valence-corrected chi connectivity index (χ0v) is 15.7. The standard InChI is InChI=1S/C18H29N5O3/c1-3-15(2)21-17(24)4-7-23(9-8-22-10-12-26-13-11-22)18(25)16-14-19-5-6-20-16/h5-6,14-15H,3-4,7-13H2,1-2H3,(H,21,24)/t15-/m0/s1. The highest BCUT2D eigenvalue weighted by atomic mass is 16.5. The van der Waals surface area contributed by atoms with Gasteiger partial charge in [0.1, 0.15) is 5.69 Å². The van der Waals surface area contributed by atoms with Gasteiger partial charge in [-0.3, -0.25) is 19.5 Å². The molecule has 144 valence electrons. The molecule has 8 nitrogen and oxygen atoms in total. The summed E-state index contributed by atoms with van der Waals surface area (Å²) in [5.41, 5.74) is 0.303. The molecule has 8 heteroatoms. The van der Waals surface area contributed by atoms with E-state index < -0.39 is 0 Å². The highest BCUT2D eigenvalue weighted by Gasteiger charge is 2.20. The maximum Gasteiger partial charge on any atom is 0.274 e. The van der Waals surface area contributed by atoms with Gasteiger partial charge in [-0.15, -0.1) is 0 Å². The van der Waals surface area contributed by atoms with Crippen molar-refractivity contribution in [2.24, 2.45) is 0 Å². The Labute approximate surface area is 154 Å². The molecule has 1 aliphatic heterocycles. The zero-order chi connectivity index (χ0) is 18.8. The van der Waals surface area contributed by atoms with Gasteiger partial charge in [0, 0.05) is 57.6 Å². The maximum atomic E-state index is 12.8. The monoisotopic (exact) mass is 363 g/mol. The number of aromatic nitrogens is 2. The van der Waals surface area contributed by atoms with Crippen molar-refractivity contribution in [3.8, 4) is 0 Å². The molecule has 0 unspecified atom stereocenters. The molecule has 1 N–H and O–H groups in total. The van der Waals surface area contributed by atoms with Crippen molar-refractivity contribution in [1.29, 1.82) is 0 Å². The van der Waals surface area contributed by atoms with Crippen molar-refractivity contribution in [2.75, 3.05) is 45.9 Å². The minimum atomic E-state index is -0.192. The van der Waals surface area contributed by atoms with E-state index in [2.05, 4.69) is 20.2 Å². The molecule has 0 aliphatic carbocycles. The van der Waals surface area contributed by atoms with Crippen molar-refractivity contribution in [3.63, 3.8) is 0 Å². The van der Waals surface area contributed by atoms with Crippen LogP contribution in [0.15, 0.2) is 18.6 Å². The summed E-state index contributed by atoms with van der Waals surface area (Å²) in [6.45, 7) is 8.82. The number of hydrogen-bond donors (Lipinski definition) is 1. The number of morpholine rings is 1. The van der Waals surface area contributed by atoms with Gasteiger partial charge >= 0.3 is 0 Å². The minimum absolute atomic E-state index is 0.0392. The Balaban J connectivity index is 1.93. The van der Waals surface area contributed by atoms with Crippen LogP contribution in [-0.4, -0.2) is 83.6 Å². The van der Waals surface area contributed by atoms with Gasteiger partial charge in [-0.05, 0) is 13.3 Å². The number of carbonyl (C=O) groups excluding carboxylic acids is 2. The van der Waals surface area contributed by atoms with E-state index in [1.807, 2.05) is 13.8 Å². The Morgan fingerprint density at radius 3 is 2.73 bits per heavy atom. The molecule has 0 aromatic carbocycles. The summed E-state index contributed by atoms with van der Waals surface area (Å²) >= 11 is 0. The SMILES string of the molecule is CC[C@H](C)NC(=O)CCN(CCN1CCOCC1)C(=O)c1cnccn1. The van der Waals surface area contributed by atoms with Crippen LogP contribution in [0.4, 0.5) is 0 Å². The molecule has 1 saturated heterocycles. The van der Waals surface area contributed by atoms with Crippen LogP contribution in [-0.2, 0) is 9.53 Å². The molecule has 0 spiro atoms. The van der Waals surface area contributed by atoms with Gasteiger partial charge in [-0.25, -0.2) is 4.98 Å². The van der Waals surface area contributed by atoms with Crippen LogP contribution < -0.4 is 5.32 Å². The van der Waals surface area contributed by atoms with Crippen LogP contribution in [0.5, 0.6) is 0 Å². The largest absolute Gasteiger partial charge is 0.379 e. The molecule has 0 saturated carbocycles. The summed E-state index contributed by atoms with van der Waals surface area (Å²) in [7, 11) is 0. The van der Waals surface area contributed by atoms with E-state index in [4.69, 9.17) is 4.74 Å². The van der Waals surface area contributed by atoms with Crippen LogP contribution in [0.2, 0.25) is 0 Å². The number of amides is 2. The lowest BCUT2D eigenvalue weighted by atomic mass is 10.2. The van der Waals surface area contributed by atoms with Gasteiger partial charge < -0.3 is 15.0 Å². The van der Waals surface area contributed by atoms with Crippen LogP contribution in [0, 0.1) is 0 Å². The molecule has 26 heavy (non-hydrogen) atoms. The van der Waals surface area contributed by atoms with Crippen LogP contribution in [0.3, 0.4) is 0 Å². The molecule has 1 aliphatic rings. The van der Waals surface area contributed by atoms with E-state index >= 15 is 0 Å². The van der Waals surface area contributed by atoms with Crippen molar-refractivity contribution in [1.82, 2.24) is 25.1 Å². The maximum absolute atomic E-state index is 12.8. The summed E-state index contributed by atoms with van der Waals surface area (Å²) in [5.74, 6) is -0.231. The van der Waals surface area contributed by atoms with Crippen molar-refractivity contribution >= 4 is 11.8 Å². The summed E-state index contributed by atoms with van der Waals surface area (Å²) < 4.78 is 5.36. The summed E-state index contributed by atoms with van der Waals surface area (Å²) in [6.07, 6.45) is 5.66. The summed E-state index contributed by atoms with van der Waals surface area (Å²) in [4.78, 5) is 36.9. The second-order valence-corrected chi connectivity index (χ2v) is 6.46. The van der Waals surface area contributed by atoms with Crippen LogP contribution >= 0.6 is 0 Å².